The molecule has 0 spiro atoms. The lowest BCUT2D eigenvalue weighted by Gasteiger charge is -2.25. The van der Waals surface area contributed by atoms with E-state index in [-0.39, 0.29) is 12.5 Å². The minimum absolute atomic E-state index is 0.290. The van der Waals surface area contributed by atoms with Crippen molar-refractivity contribution in [3.05, 3.63) is 0 Å². The van der Waals surface area contributed by atoms with Gasteiger partial charge in [-0.15, -0.1) is 0 Å². The Hall–Kier alpha value is -1.87. The summed E-state index contributed by atoms with van der Waals surface area (Å²) in [5.41, 5.74) is 11.2. The van der Waals surface area contributed by atoms with Crippen molar-refractivity contribution in [3.63, 3.8) is 0 Å². The minimum atomic E-state index is -1.09. The van der Waals surface area contributed by atoms with E-state index in [1.165, 1.54) is 0 Å². The molecule has 1 aliphatic heterocycles. The van der Waals surface area contributed by atoms with E-state index in [1.807, 2.05) is 0 Å². The highest BCUT2D eigenvalue weighted by molar-refractivity contribution is 5.88. The number of nitrogens with two attached hydrogens (primary N) is 2. The van der Waals surface area contributed by atoms with Gasteiger partial charge in [0.25, 0.3) is 0 Å². The average molecular weight is 344 g/mol. The molecular weight excluding hydrogens is 316 g/mol. The van der Waals surface area contributed by atoms with Gasteiger partial charge in [0.15, 0.2) is 0 Å². The topological polar surface area (TPSA) is 157 Å². The lowest BCUT2D eigenvalue weighted by molar-refractivity contribution is -0.128. The Labute approximate surface area is 141 Å². The highest BCUT2D eigenvalue weighted by atomic mass is 16.5. The third-order valence-corrected chi connectivity index (χ3v) is 4.12. The van der Waals surface area contributed by atoms with E-state index < -0.39 is 24.1 Å². The molecule has 3 amide bonds. The van der Waals surface area contributed by atoms with Gasteiger partial charge in [-0.1, -0.05) is 0 Å². The molecule has 2 atom stereocenters. The van der Waals surface area contributed by atoms with E-state index in [0.29, 0.717) is 44.8 Å². The molecule has 7 N–H and O–H groups in total. The van der Waals surface area contributed by atoms with Crippen molar-refractivity contribution >= 4 is 17.9 Å². The van der Waals surface area contributed by atoms with Crippen LogP contribution >= 0.6 is 0 Å². The van der Waals surface area contributed by atoms with Crippen molar-refractivity contribution in [2.75, 3.05) is 19.8 Å². The van der Waals surface area contributed by atoms with Gasteiger partial charge in [-0.2, -0.15) is 0 Å². The fourth-order valence-electron chi connectivity index (χ4n) is 2.68. The second kappa shape index (κ2) is 10.8. The summed E-state index contributed by atoms with van der Waals surface area (Å²) in [4.78, 5) is 33.9. The second-order valence-corrected chi connectivity index (χ2v) is 6.09. The smallest absolute Gasteiger partial charge is 0.404 e. The number of ether oxygens (including phenoxy) is 1. The summed E-state index contributed by atoms with van der Waals surface area (Å²) in [5, 5.41) is 13.3. The number of rotatable bonds is 10. The van der Waals surface area contributed by atoms with Gasteiger partial charge in [0.1, 0.15) is 6.04 Å². The fraction of sp³-hybridized carbons (Fsp3) is 0.800. The molecule has 0 radical (unpaired) electrons. The maximum atomic E-state index is 12.1. The summed E-state index contributed by atoms with van der Waals surface area (Å²) >= 11 is 0. The van der Waals surface area contributed by atoms with Crippen molar-refractivity contribution in [2.45, 2.75) is 50.6 Å². The van der Waals surface area contributed by atoms with Crippen LogP contribution in [0.25, 0.3) is 0 Å². The number of hydrogen-bond acceptors (Lipinski definition) is 5. The van der Waals surface area contributed by atoms with Crippen LogP contribution in [0.15, 0.2) is 0 Å². The predicted molar refractivity (Wildman–Crippen MR) is 87.1 cm³/mol. The summed E-state index contributed by atoms with van der Waals surface area (Å²) in [6, 6.07) is -1.47. The Kier molecular flexibility index (Phi) is 9.10. The highest BCUT2D eigenvalue weighted by Gasteiger charge is 2.25. The molecule has 0 aromatic rings. The van der Waals surface area contributed by atoms with Crippen LogP contribution in [0, 0.1) is 5.92 Å². The molecule has 24 heavy (non-hydrogen) atoms. The Bertz CT molecular complexity index is 426. The van der Waals surface area contributed by atoms with Gasteiger partial charge < -0.3 is 31.9 Å². The zero-order valence-electron chi connectivity index (χ0n) is 13.8. The molecule has 0 saturated carbocycles. The number of primary amides is 1. The molecule has 138 valence electrons. The van der Waals surface area contributed by atoms with Gasteiger partial charge in [0.2, 0.25) is 11.8 Å². The number of nitrogens with one attached hydrogen (secondary N) is 2. The van der Waals surface area contributed by atoms with Gasteiger partial charge in [-0.25, -0.2) is 4.79 Å². The summed E-state index contributed by atoms with van der Waals surface area (Å²) in [5.74, 6) is -0.643. The van der Waals surface area contributed by atoms with Gasteiger partial charge in [-0.3, -0.25) is 9.59 Å². The van der Waals surface area contributed by atoms with Crippen molar-refractivity contribution in [1.29, 1.82) is 0 Å². The monoisotopic (exact) mass is 344 g/mol. The number of hydrogen-bond donors (Lipinski definition) is 5. The lowest BCUT2D eigenvalue weighted by Crippen LogP contribution is -2.51. The second-order valence-electron chi connectivity index (χ2n) is 6.09. The van der Waals surface area contributed by atoms with Crippen LogP contribution in [0.4, 0.5) is 4.79 Å². The largest absolute Gasteiger partial charge is 0.465 e. The Morgan fingerprint density at radius 3 is 2.46 bits per heavy atom. The van der Waals surface area contributed by atoms with Crippen LogP contribution in [-0.2, 0) is 14.3 Å². The highest BCUT2D eigenvalue weighted by Crippen LogP contribution is 2.19. The standard InChI is InChI=1S/C15H28N4O5/c16-11(9-10-4-7-24-8-5-10)14(21)19-12(13(17)20)3-1-2-6-18-15(22)23/h10-12,18H,1-9,16H2,(H2,17,20)(H,19,21)(H,22,23). The molecule has 9 nitrogen and oxygen atoms in total. The maximum absolute atomic E-state index is 12.1. The predicted octanol–water partition coefficient (Wildman–Crippen LogP) is -0.462. The van der Waals surface area contributed by atoms with E-state index in [9.17, 15) is 14.4 Å². The molecule has 0 aliphatic carbocycles. The number of carbonyl (C=O) groups excluding carboxylic acids is 2. The normalized spacial score (nSPS) is 17.7. The quantitative estimate of drug-likeness (QED) is 0.337. The number of carbonyl (C=O) groups is 3. The van der Waals surface area contributed by atoms with E-state index >= 15 is 0 Å². The third-order valence-electron chi connectivity index (χ3n) is 4.12. The van der Waals surface area contributed by atoms with Crippen LogP contribution < -0.4 is 22.1 Å². The van der Waals surface area contributed by atoms with Crippen molar-refractivity contribution in [3.8, 4) is 0 Å². The van der Waals surface area contributed by atoms with Crippen molar-refractivity contribution < 1.29 is 24.2 Å². The molecular formula is C15H28N4O5. The Morgan fingerprint density at radius 2 is 1.88 bits per heavy atom. The SMILES string of the molecule is NC(=O)C(CCCCNC(=O)O)NC(=O)C(N)CC1CCOCC1. The van der Waals surface area contributed by atoms with Gasteiger partial charge in [0, 0.05) is 19.8 Å². The summed E-state index contributed by atoms with van der Waals surface area (Å²) in [6.07, 6.45) is 2.71. The summed E-state index contributed by atoms with van der Waals surface area (Å²) < 4.78 is 5.27. The average Bonchev–Trinajstić information content (AvgIpc) is 2.53. The van der Waals surface area contributed by atoms with Crippen molar-refractivity contribution in [2.24, 2.45) is 17.4 Å². The first-order valence-corrected chi connectivity index (χ1v) is 8.30. The summed E-state index contributed by atoms with van der Waals surface area (Å²) in [7, 11) is 0. The van der Waals surface area contributed by atoms with Crippen molar-refractivity contribution in [1.82, 2.24) is 10.6 Å². The first kappa shape index (κ1) is 20.2. The third kappa shape index (κ3) is 8.11. The first-order valence-electron chi connectivity index (χ1n) is 8.30. The van der Waals surface area contributed by atoms with Crippen LogP contribution in [0.5, 0.6) is 0 Å². The number of amides is 3. The van der Waals surface area contributed by atoms with Crippen LogP contribution in [-0.4, -0.2) is 54.9 Å². The molecule has 1 rings (SSSR count). The van der Waals surface area contributed by atoms with Crippen LogP contribution in [0.3, 0.4) is 0 Å². The zero-order chi connectivity index (χ0) is 17.9. The molecule has 1 saturated heterocycles. The maximum Gasteiger partial charge on any atom is 0.404 e. The Balaban J connectivity index is 2.32. The summed E-state index contributed by atoms with van der Waals surface area (Å²) in [6.45, 7) is 1.67. The molecule has 0 bridgehead atoms. The zero-order valence-corrected chi connectivity index (χ0v) is 13.8. The lowest BCUT2D eigenvalue weighted by atomic mass is 9.92. The molecule has 1 aliphatic rings. The molecule has 1 fully saturated rings. The Morgan fingerprint density at radius 1 is 1.21 bits per heavy atom. The van der Waals surface area contributed by atoms with Gasteiger partial charge in [-0.05, 0) is 44.4 Å². The number of unbranched alkanes of at least 4 members (excludes halogenated alkanes) is 1. The molecule has 2 unspecified atom stereocenters. The van der Waals surface area contributed by atoms with Gasteiger partial charge >= 0.3 is 6.09 Å². The minimum Gasteiger partial charge on any atom is -0.465 e. The van der Waals surface area contributed by atoms with E-state index in [0.717, 1.165) is 12.8 Å². The van der Waals surface area contributed by atoms with E-state index in [4.69, 9.17) is 21.3 Å². The van der Waals surface area contributed by atoms with Crippen LogP contribution in [0.1, 0.15) is 38.5 Å². The fourth-order valence-corrected chi connectivity index (χ4v) is 2.68. The molecule has 1 heterocycles. The molecule has 0 aromatic heterocycles. The van der Waals surface area contributed by atoms with Crippen LogP contribution in [0.2, 0.25) is 0 Å². The first-order chi connectivity index (χ1) is 11.4. The molecule has 0 aromatic carbocycles. The number of carboxylic acid groups (broad SMARTS) is 1. The molecule has 9 heteroatoms. The van der Waals surface area contributed by atoms with E-state index in [1.54, 1.807) is 0 Å². The van der Waals surface area contributed by atoms with Gasteiger partial charge in [0.05, 0.1) is 6.04 Å². The van der Waals surface area contributed by atoms with E-state index in [2.05, 4.69) is 10.6 Å².